The molecule has 0 bridgehead atoms. The topological polar surface area (TPSA) is 74.1 Å². The van der Waals surface area contributed by atoms with Crippen molar-refractivity contribution in [3.8, 4) is 11.5 Å². The van der Waals surface area contributed by atoms with Crippen molar-refractivity contribution in [3.05, 3.63) is 29.6 Å². The lowest BCUT2D eigenvalue weighted by Gasteiger charge is -2.24. The van der Waals surface area contributed by atoms with Crippen molar-refractivity contribution < 1.29 is 9.47 Å². The molecule has 1 aromatic heterocycles. The summed E-state index contributed by atoms with van der Waals surface area (Å²) in [5, 5.41) is 15.9. The second kappa shape index (κ2) is 6.39. The molecule has 1 aromatic carbocycles. The molecule has 1 aliphatic heterocycles. The zero-order chi connectivity index (χ0) is 16.5. The molecular formula is C17H23N5O2. The van der Waals surface area contributed by atoms with Crippen LogP contribution in [0.1, 0.15) is 62.6 Å². The monoisotopic (exact) mass is 329 g/mol. The quantitative estimate of drug-likeness (QED) is 0.878. The molecule has 1 N–H and O–H groups in total. The molecule has 2 atom stereocenters. The van der Waals surface area contributed by atoms with E-state index >= 15 is 0 Å². The maximum atomic E-state index is 5.71. The molecule has 0 spiro atoms. The Labute approximate surface area is 141 Å². The SMILES string of the molecule is CC[C@H](N[C@@H](C)c1nnnn1C1CC1)c1ccc2c(c1)OCCO2. The normalized spacial score (nSPS) is 19.1. The van der Waals surface area contributed by atoms with Crippen LogP contribution >= 0.6 is 0 Å². The van der Waals surface area contributed by atoms with Gasteiger partial charge in [-0.3, -0.25) is 0 Å². The van der Waals surface area contributed by atoms with E-state index in [4.69, 9.17) is 9.47 Å². The van der Waals surface area contributed by atoms with Crippen molar-refractivity contribution in [3.63, 3.8) is 0 Å². The number of nitrogens with zero attached hydrogens (tertiary/aromatic N) is 4. The van der Waals surface area contributed by atoms with Crippen LogP contribution in [0.5, 0.6) is 11.5 Å². The van der Waals surface area contributed by atoms with Gasteiger partial charge in [0, 0.05) is 6.04 Å². The average Bonchev–Trinajstić information content (AvgIpc) is 3.35. The van der Waals surface area contributed by atoms with Crippen LogP contribution in [0.25, 0.3) is 0 Å². The van der Waals surface area contributed by atoms with Crippen LogP contribution in [0.4, 0.5) is 0 Å². The molecule has 2 aliphatic rings. The Morgan fingerprint density at radius 3 is 2.79 bits per heavy atom. The molecule has 7 nitrogen and oxygen atoms in total. The summed E-state index contributed by atoms with van der Waals surface area (Å²) in [6, 6.07) is 6.94. The number of benzene rings is 1. The van der Waals surface area contributed by atoms with Gasteiger partial charge in [0.2, 0.25) is 0 Å². The smallest absolute Gasteiger partial charge is 0.168 e. The summed E-state index contributed by atoms with van der Waals surface area (Å²) in [5.41, 5.74) is 1.19. The molecule has 2 heterocycles. The highest BCUT2D eigenvalue weighted by Crippen LogP contribution is 2.36. The molecule has 2 aromatic rings. The van der Waals surface area contributed by atoms with Crippen molar-refractivity contribution in [2.24, 2.45) is 0 Å². The van der Waals surface area contributed by atoms with Crippen LogP contribution in [-0.4, -0.2) is 33.4 Å². The predicted molar refractivity (Wildman–Crippen MR) is 88.1 cm³/mol. The Hall–Kier alpha value is -2.15. The van der Waals surface area contributed by atoms with Gasteiger partial charge in [-0.25, -0.2) is 4.68 Å². The number of aromatic nitrogens is 4. The van der Waals surface area contributed by atoms with Crippen LogP contribution in [-0.2, 0) is 0 Å². The standard InChI is InChI=1S/C17H23N5O2/c1-3-14(12-4-7-15-16(10-12)24-9-8-23-15)18-11(2)17-19-20-21-22(17)13-5-6-13/h4,7,10-11,13-14,18H,3,5-6,8-9H2,1-2H3/t11-,14-/m0/s1. The number of ether oxygens (including phenoxy) is 2. The summed E-state index contributed by atoms with van der Waals surface area (Å²) in [6.45, 7) is 5.51. The van der Waals surface area contributed by atoms with E-state index in [2.05, 4.69) is 46.8 Å². The van der Waals surface area contributed by atoms with E-state index in [0.29, 0.717) is 19.3 Å². The van der Waals surface area contributed by atoms with Crippen molar-refractivity contribution in [1.82, 2.24) is 25.5 Å². The second-order valence-corrected chi connectivity index (χ2v) is 6.47. The summed E-state index contributed by atoms with van der Waals surface area (Å²) >= 11 is 0. The van der Waals surface area contributed by atoms with Gasteiger partial charge in [0.1, 0.15) is 13.2 Å². The van der Waals surface area contributed by atoms with Gasteiger partial charge in [-0.2, -0.15) is 0 Å². The molecule has 1 saturated carbocycles. The summed E-state index contributed by atoms with van der Waals surface area (Å²) in [6.07, 6.45) is 3.31. The van der Waals surface area contributed by atoms with Gasteiger partial charge in [-0.15, -0.1) is 5.10 Å². The minimum atomic E-state index is 0.0822. The third kappa shape index (κ3) is 2.96. The van der Waals surface area contributed by atoms with Crippen LogP contribution in [0.15, 0.2) is 18.2 Å². The van der Waals surface area contributed by atoms with E-state index in [-0.39, 0.29) is 12.1 Å². The summed E-state index contributed by atoms with van der Waals surface area (Å²) in [7, 11) is 0. The van der Waals surface area contributed by atoms with Gasteiger partial charge in [0.05, 0.1) is 12.1 Å². The third-order valence-corrected chi connectivity index (χ3v) is 4.63. The fourth-order valence-electron chi connectivity index (χ4n) is 3.17. The Morgan fingerprint density at radius 2 is 2.04 bits per heavy atom. The van der Waals surface area contributed by atoms with Crippen molar-refractivity contribution in [2.75, 3.05) is 13.2 Å². The van der Waals surface area contributed by atoms with Gasteiger partial charge in [-0.05, 0) is 54.3 Å². The highest BCUT2D eigenvalue weighted by molar-refractivity contribution is 5.44. The number of nitrogens with one attached hydrogen (secondary N) is 1. The molecule has 0 saturated heterocycles. The van der Waals surface area contributed by atoms with Crippen LogP contribution in [0, 0.1) is 0 Å². The number of tetrazole rings is 1. The van der Waals surface area contributed by atoms with Crippen molar-refractivity contribution in [2.45, 2.75) is 51.2 Å². The molecule has 7 heteroatoms. The zero-order valence-corrected chi connectivity index (χ0v) is 14.1. The number of rotatable bonds is 6. The van der Waals surface area contributed by atoms with Gasteiger partial charge in [0.15, 0.2) is 17.3 Å². The fourth-order valence-corrected chi connectivity index (χ4v) is 3.17. The molecule has 24 heavy (non-hydrogen) atoms. The molecular weight excluding hydrogens is 306 g/mol. The highest BCUT2D eigenvalue weighted by atomic mass is 16.6. The Kier molecular flexibility index (Phi) is 4.10. The van der Waals surface area contributed by atoms with Crippen LogP contribution in [0.2, 0.25) is 0 Å². The van der Waals surface area contributed by atoms with Crippen molar-refractivity contribution in [1.29, 1.82) is 0 Å². The van der Waals surface area contributed by atoms with E-state index in [1.54, 1.807) is 0 Å². The summed E-state index contributed by atoms with van der Waals surface area (Å²) < 4.78 is 13.3. The Morgan fingerprint density at radius 1 is 1.25 bits per heavy atom. The molecule has 4 rings (SSSR count). The van der Waals surface area contributed by atoms with E-state index in [0.717, 1.165) is 23.7 Å². The number of hydrogen-bond acceptors (Lipinski definition) is 6. The first-order valence-corrected chi connectivity index (χ1v) is 8.69. The van der Waals surface area contributed by atoms with Gasteiger partial charge in [-0.1, -0.05) is 13.0 Å². The Balaban J connectivity index is 1.52. The van der Waals surface area contributed by atoms with E-state index in [9.17, 15) is 0 Å². The maximum absolute atomic E-state index is 5.71. The molecule has 0 unspecified atom stereocenters. The first kappa shape index (κ1) is 15.4. The molecule has 128 valence electrons. The lowest BCUT2D eigenvalue weighted by Crippen LogP contribution is -2.27. The Bertz CT molecular complexity index is 713. The second-order valence-electron chi connectivity index (χ2n) is 6.47. The lowest BCUT2D eigenvalue weighted by molar-refractivity contribution is 0.171. The molecule has 1 fully saturated rings. The fraction of sp³-hybridized carbons (Fsp3) is 0.588. The van der Waals surface area contributed by atoms with E-state index in [1.165, 1.54) is 18.4 Å². The highest BCUT2D eigenvalue weighted by Gasteiger charge is 2.30. The largest absolute Gasteiger partial charge is 0.486 e. The minimum absolute atomic E-state index is 0.0822. The lowest BCUT2D eigenvalue weighted by atomic mass is 10.0. The maximum Gasteiger partial charge on any atom is 0.168 e. The first-order valence-electron chi connectivity index (χ1n) is 8.69. The van der Waals surface area contributed by atoms with Gasteiger partial charge < -0.3 is 14.8 Å². The summed E-state index contributed by atoms with van der Waals surface area (Å²) in [4.78, 5) is 0. The summed E-state index contributed by atoms with van der Waals surface area (Å²) in [5.74, 6) is 2.56. The molecule has 0 radical (unpaired) electrons. The average molecular weight is 329 g/mol. The number of hydrogen-bond donors (Lipinski definition) is 1. The minimum Gasteiger partial charge on any atom is -0.486 e. The van der Waals surface area contributed by atoms with E-state index in [1.807, 2.05) is 10.7 Å². The van der Waals surface area contributed by atoms with Crippen LogP contribution < -0.4 is 14.8 Å². The van der Waals surface area contributed by atoms with Crippen LogP contribution in [0.3, 0.4) is 0 Å². The predicted octanol–water partition coefficient (Wildman–Crippen LogP) is 2.58. The van der Waals surface area contributed by atoms with E-state index < -0.39 is 0 Å². The molecule has 1 aliphatic carbocycles. The van der Waals surface area contributed by atoms with Gasteiger partial charge in [0.25, 0.3) is 0 Å². The van der Waals surface area contributed by atoms with Gasteiger partial charge >= 0.3 is 0 Å². The van der Waals surface area contributed by atoms with Crippen molar-refractivity contribution >= 4 is 0 Å². The first-order chi connectivity index (χ1) is 11.8. The number of fused-ring (bicyclic) bond motifs is 1. The molecule has 0 amide bonds. The zero-order valence-electron chi connectivity index (χ0n) is 14.1. The third-order valence-electron chi connectivity index (χ3n) is 4.63.